The van der Waals surface area contributed by atoms with E-state index in [2.05, 4.69) is 5.92 Å². The topological polar surface area (TPSA) is 63.6 Å². The molecule has 0 saturated heterocycles. The van der Waals surface area contributed by atoms with Crippen molar-refractivity contribution in [2.45, 2.75) is 20.3 Å². The molecule has 1 rings (SSSR count). The molecule has 0 aliphatic carbocycles. The Balaban J connectivity index is 3.08. The van der Waals surface area contributed by atoms with Crippen molar-refractivity contribution in [2.75, 3.05) is 6.61 Å². The standard InChI is InChI=1S/C15H16O4/c1-4-7-19-13-8-11(10-16)5-6-12(13)9-15(2,3)14(17)18/h1,5-6,8,10H,7,9H2,2-3H3,(H,17,18). The third-order valence-corrected chi connectivity index (χ3v) is 2.75. The van der Waals surface area contributed by atoms with E-state index in [1.807, 2.05) is 0 Å². The van der Waals surface area contributed by atoms with Crippen LogP contribution in [-0.4, -0.2) is 24.0 Å². The van der Waals surface area contributed by atoms with Crippen LogP contribution in [0.3, 0.4) is 0 Å². The molecule has 0 bridgehead atoms. The lowest BCUT2D eigenvalue weighted by atomic mass is 9.85. The van der Waals surface area contributed by atoms with Gasteiger partial charge < -0.3 is 9.84 Å². The van der Waals surface area contributed by atoms with Crippen molar-refractivity contribution in [3.8, 4) is 18.1 Å². The predicted octanol–water partition coefficient (Wildman–Crippen LogP) is 2.16. The molecular weight excluding hydrogens is 244 g/mol. The SMILES string of the molecule is C#CCOc1cc(C=O)ccc1CC(C)(C)C(=O)O. The number of terminal acetylenes is 1. The highest BCUT2D eigenvalue weighted by Crippen LogP contribution is 2.29. The number of aldehydes is 1. The first-order valence-corrected chi connectivity index (χ1v) is 5.78. The highest BCUT2D eigenvalue weighted by molar-refractivity contribution is 5.77. The fourth-order valence-electron chi connectivity index (χ4n) is 1.60. The summed E-state index contributed by atoms with van der Waals surface area (Å²) < 4.78 is 5.37. The van der Waals surface area contributed by atoms with Crippen LogP contribution >= 0.6 is 0 Å². The lowest BCUT2D eigenvalue weighted by molar-refractivity contribution is -0.146. The molecule has 0 amide bonds. The Bertz CT molecular complexity index is 523. The fourth-order valence-corrected chi connectivity index (χ4v) is 1.60. The van der Waals surface area contributed by atoms with Crippen molar-refractivity contribution in [3.63, 3.8) is 0 Å². The van der Waals surface area contributed by atoms with Crippen LogP contribution < -0.4 is 4.74 Å². The summed E-state index contributed by atoms with van der Waals surface area (Å²) in [4.78, 5) is 21.9. The lowest BCUT2D eigenvalue weighted by Crippen LogP contribution is -2.26. The lowest BCUT2D eigenvalue weighted by Gasteiger charge is -2.20. The van der Waals surface area contributed by atoms with Crippen molar-refractivity contribution in [1.29, 1.82) is 0 Å². The first kappa shape index (κ1) is 14.8. The van der Waals surface area contributed by atoms with Gasteiger partial charge in [-0.2, -0.15) is 0 Å². The predicted molar refractivity (Wildman–Crippen MR) is 71.3 cm³/mol. The van der Waals surface area contributed by atoms with Gasteiger partial charge in [-0.25, -0.2) is 0 Å². The second-order valence-corrected chi connectivity index (χ2v) is 4.84. The van der Waals surface area contributed by atoms with Gasteiger partial charge in [-0.05, 0) is 31.9 Å². The van der Waals surface area contributed by atoms with E-state index in [9.17, 15) is 9.59 Å². The van der Waals surface area contributed by atoms with Gasteiger partial charge in [0.1, 0.15) is 18.6 Å². The Hall–Kier alpha value is -2.28. The number of carbonyl (C=O) groups excluding carboxylic acids is 1. The molecule has 0 aromatic heterocycles. The molecule has 0 atom stereocenters. The summed E-state index contributed by atoms with van der Waals surface area (Å²) in [6.45, 7) is 3.34. The van der Waals surface area contributed by atoms with Gasteiger partial charge in [-0.3, -0.25) is 9.59 Å². The highest BCUT2D eigenvalue weighted by atomic mass is 16.5. The van der Waals surface area contributed by atoms with Crippen molar-refractivity contribution in [2.24, 2.45) is 5.41 Å². The van der Waals surface area contributed by atoms with E-state index >= 15 is 0 Å². The van der Waals surface area contributed by atoms with Gasteiger partial charge in [-0.1, -0.05) is 18.1 Å². The average molecular weight is 260 g/mol. The van der Waals surface area contributed by atoms with Crippen molar-refractivity contribution >= 4 is 12.3 Å². The summed E-state index contributed by atoms with van der Waals surface area (Å²) in [5.74, 6) is 1.90. The second-order valence-electron chi connectivity index (χ2n) is 4.84. The van der Waals surface area contributed by atoms with E-state index in [-0.39, 0.29) is 6.61 Å². The maximum atomic E-state index is 11.1. The molecule has 0 aliphatic rings. The Kier molecular flexibility index (Phi) is 4.71. The number of carbonyl (C=O) groups is 2. The molecule has 4 nitrogen and oxygen atoms in total. The minimum atomic E-state index is -0.920. The van der Waals surface area contributed by atoms with E-state index < -0.39 is 11.4 Å². The van der Waals surface area contributed by atoms with Gasteiger partial charge in [-0.15, -0.1) is 6.42 Å². The fraction of sp³-hybridized carbons (Fsp3) is 0.333. The Morgan fingerprint density at radius 1 is 1.53 bits per heavy atom. The minimum Gasteiger partial charge on any atom is -0.481 e. The van der Waals surface area contributed by atoms with Crippen molar-refractivity contribution in [3.05, 3.63) is 29.3 Å². The number of aliphatic carboxylic acids is 1. The zero-order valence-electron chi connectivity index (χ0n) is 11.0. The summed E-state index contributed by atoms with van der Waals surface area (Å²) in [5, 5.41) is 9.14. The molecule has 0 fully saturated rings. The second kappa shape index (κ2) is 6.05. The molecule has 1 aromatic carbocycles. The van der Waals surface area contributed by atoms with Crippen LogP contribution in [0.15, 0.2) is 18.2 Å². The monoisotopic (exact) mass is 260 g/mol. The van der Waals surface area contributed by atoms with Crippen LogP contribution in [0.25, 0.3) is 0 Å². The number of carboxylic acid groups (broad SMARTS) is 1. The zero-order valence-corrected chi connectivity index (χ0v) is 11.0. The Morgan fingerprint density at radius 2 is 2.21 bits per heavy atom. The minimum absolute atomic E-state index is 0.0722. The Morgan fingerprint density at radius 3 is 2.74 bits per heavy atom. The number of hydrogen-bond donors (Lipinski definition) is 1. The summed E-state index contributed by atoms with van der Waals surface area (Å²) in [6.07, 6.45) is 6.13. The van der Waals surface area contributed by atoms with Crippen molar-refractivity contribution < 1.29 is 19.4 Å². The molecule has 0 aliphatic heterocycles. The zero-order chi connectivity index (χ0) is 14.5. The average Bonchev–Trinajstić information content (AvgIpc) is 2.37. The number of carboxylic acids is 1. The molecule has 0 unspecified atom stereocenters. The number of hydrogen-bond acceptors (Lipinski definition) is 3. The first-order valence-electron chi connectivity index (χ1n) is 5.78. The normalized spacial score (nSPS) is 10.6. The van der Waals surface area contributed by atoms with Crippen molar-refractivity contribution in [1.82, 2.24) is 0 Å². The molecular formula is C15H16O4. The van der Waals surface area contributed by atoms with E-state index in [1.165, 1.54) is 0 Å². The van der Waals surface area contributed by atoms with E-state index in [0.29, 0.717) is 29.6 Å². The Labute approximate surface area is 112 Å². The summed E-state index contributed by atoms with van der Waals surface area (Å²) in [7, 11) is 0. The summed E-state index contributed by atoms with van der Waals surface area (Å²) >= 11 is 0. The third-order valence-electron chi connectivity index (χ3n) is 2.75. The van der Waals surface area contributed by atoms with Gasteiger partial charge in [0.05, 0.1) is 5.41 Å². The molecule has 0 radical (unpaired) electrons. The number of rotatable bonds is 6. The molecule has 1 aromatic rings. The van der Waals surface area contributed by atoms with Gasteiger partial charge in [0, 0.05) is 5.56 Å². The smallest absolute Gasteiger partial charge is 0.309 e. The van der Waals surface area contributed by atoms with Gasteiger partial charge in [0.25, 0.3) is 0 Å². The largest absolute Gasteiger partial charge is 0.481 e. The van der Waals surface area contributed by atoms with E-state index in [4.69, 9.17) is 16.3 Å². The number of benzene rings is 1. The first-order chi connectivity index (χ1) is 8.90. The molecule has 0 spiro atoms. The molecule has 4 heteroatoms. The molecule has 0 saturated carbocycles. The van der Waals surface area contributed by atoms with Crippen LogP contribution in [0.2, 0.25) is 0 Å². The van der Waals surface area contributed by atoms with Gasteiger partial charge >= 0.3 is 5.97 Å². The maximum Gasteiger partial charge on any atom is 0.309 e. The third kappa shape index (κ3) is 3.85. The van der Waals surface area contributed by atoms with Crippen LogP contribution in [0, 0.1) is 17.8 Å². The van der Waals surface area contributed by atoms with Crippen LogP contribution in [0.4, 0.5) is 0 Å². The molecule has 100 valence electrons. The summed E-state index contributed by atoms with van der Waals surface area (Å²) in [5.41, 5.74) is 0.258. The summed E-state index contributed by atoms with van der Waals surface area (Å²) in [6, 6.07) is 4.89. The molecule has 0 heterocycles. The van der Waals surface area contributed by atoms with Gasteiger partial charge in [0.15, 0.2) is 0 Å². The maximum absolute atomic E-state index is 11.1. The van der Waals surface area contributed by atoms with E-state index in [1.54, 1.807) is 32.0 Å². The molecule has 19 heavy (non-hydrogen) atoms. The van der Waals surface area contributed by atoms with Crippen LogP contribution in [0.1, 0.15) is 29.8 Å². The van der Waals surface area contributed by atoms with E-state index in [0.717, 1.165) is 0 Å². The van der Waals surface area contributed by atoms with Crippen LogP contribution in [-0.2, 0) is 11.2 Å². The van der Waals surface area contributed by atoms with Crippen LogP contribution in [0.5, 0.6) is 5.75 Å². The molecule has 1 N–H and O–H groups in total. The number of ether oxygens (including phenoxy) is 1. The quantitative estimate of drug-likeness (QED) is 0.629. The highest BCUT2D eigenvalue weighted by Gasteiger charge is 2.28. The van der Waals surface area contributed by atoms with Gasteiger partial charge in [0.2, 0.25) is 0 Å².